The second-order valence-corrected chi connectivity index (χ2v) is 7.36. The lowest BCUT2D eigenvalue weighted by Crippen LogP contribution is -2.24. The molecule has 2 rings (SSSR count). The number of benzene rings is 2. The fourth-order valence-corrected chi connectivity index (χ4v) is 3.01. The number of halogens is 8. The van der Waals surface area contributed by atoms with Crippen molar-refractivity contribution in [1.29, 1.82) is 0 Å². The fraction of sp³-hybridized carbons (Fsp3) is 0.167. The second kappa shape index (κ2) is 11.9. The summed E-state index contributed by atoms with van der Waals surface area (Å²) >= 11 is 10.6. The van der Waals surface area contributed by atoms with E-state index in [0.717, 1.165) is 7.11 Å². The van der Waals surface area contributed by atoms with Crippen molar-refractivity contribution in [3.8, 4) is 0 Å². The minimum atomic E-state index is -4.89. The zero-order chi connectivity index (χ0) is 29.7. The molecule has 0 bridgehead atoms. The van der Waals surface area contributed by atoms with Gasteiger partial charge in [0.1, 0.15) is 11.1 Å². The Labute approximate surface area is 216 Å². The van der Waals surface area contributed by atoms with Gasteiger partial charge in [-0.3, -0.25) is 25.0 Å². The van der Waals surface area contributed by atoms with Crippen LogP contribution in [0.5, 0.6) is 0 Å². The van der Waals surface area contributed by atoms with Gasteiger partial charge in [-0.15, -0.1) is 0 Å². The summed E-state index contributed by atoms with van der Waals surface area (Å²) in [7, 11) is 0.897. The fourth-order valence-electron chi connectivity index (χ4n) is 2.48. The number of guanidine groups is 1. The van der Waals surface area contributed by atoms with E-state index in [1.807, 2.05) is 0 Å². The van der Waals surface area contributed by atoms with E-state index in [0.29, 0.717) is 18.2 Å². The zero-order valence-electron chi connectivity index (χ0n) is 18.2. The Morgan fingerprint density at radius 3 is 1.53 bits per heavy atom. The molecule has 0 radical (unpaired) electrons. The number of nitro benzene ring substituents is 2. The van der Waals surface area contributed by atoms with Crippen LogP contribution >= 0.6 is 23.2 Å². The summed E-state index contributed by atoms with van der Waals surface area (Å²) in [5, 5.41) is 19.6. The van der Waals surface area contributed by atoms with Crippen LogP contribution < -0.4 is 11.5 Å². The highest BCUT2D eigenvalue weighted by Crippen LogP contribution is 2.39. The predicted octanol–water partition coefficient (Wildman–Crippen LogP) is 4.73. The lowest BCUT2D eigenvalue weighted by molar-refractivity contribution is -0.385. The number of aliphatic imine (C=N–C) groups is 1. The van der Waals surface area contributed by atoms with Crippen LogP contribution in [0, 0.1) is 20.2 Å². The van der Waals surface area contributed by atoms with Gasteiger partial charge in [-0.05, 0) is 12.1 Å². The second-order valence-electron chi connectivity index (χ2n) is 6.54. The number of methoxy groups -OCH3 is 1. The van der Waals surface area contributed by atoms with Crippen LogP contribution in [0.1, 0.15) is 31.8 Å². The summed E-state index contributed by atoms with van der Waals surface area (Å²) in [6.07, 6.45) is -9.71. The topological polar surface area (TPSA) is 194 Å². The summed E-state index contributed by atoms with van der Waals surface area (Å²) in [6.45, 7) is 0. The highest BCUT2D eigenvalue weighted by molar-refractivity contribution is 6.32. The van der Waals surface area contributed by atoms with Gasteiger partial charge in [0, 0.05) is 12.1 Å². The van der Waals surface area contributed by atoms with Gasteiger partial charge in [0.25, 0.3) is 17.3 Å². The third-order valence-corrected chi connectivity index (χ3v) is 4.67. The van der Waals surface area contributed by atoms with Gasteiger partial charge in [0.2, 0.25) is 0 Å². The number of amides is 1. The third-order valence-electron chi connectivity index (χ3n) is 4.04. The number of hydrogen-bond donors (Lipinski definition) is 2. The Balaban J connectivity index is 0.000000382. The number of alkyl halides is 6. The van der Waals surface area contributed by atoms with Crippen molar-refractivity contribution in [3.05, 3.63) is 76.8 Å². The van der Waals surface area contributed by atoms with Gasteiger partial charge in [0.05, 0.1) is 38.1 Å². The van der Waals surface area contributed by atoms with Gasteiger partial charge in [-0.2, -0.15) is 31.3 Å². The number of hydrogen-bond acceptors (Lipinski definition) is 7. The van der Waals surface area contributed by atoms with E-state index in [1.165, 1.54) is 0 Å². The number of rotatable bonds is 4. The molecule has 20 heteroatoms. The summed E-state index contributed by atoms with van der Waals surface area (Å²) in [5.74, 6) is -3.37. The van der Waals surface area contributed by atoms with Crippen LogP contribution in [0.25, 0.3) is 0 Å². The van der Waals surface area contributed by atoms with E-state index < -0.39 is 83.7 Å². The minimum absolute atomic E-state index is 0.231. The monoisotopic (exact) mass is 593 g/mol. The molecule has 0 aliphatic rings. The summed E-state index contributed by atoms with van der Waals surface area (Å²) in [5.41, 5.74) is 3.55. The van der Waals surface area contributed by atoms with Crippen molar-refractivity contribution in [2.45, 2.75) is 12.4 Å². The van der Waals surface area contributed by atoms with E-state index in [9.17, 15) is 56.2 Å². The number of esters is 1. The van der Waals surface area contributed by atoms with E-state index >= 15 is 0 Å². The van der Waals surface area contributed by atoms with Crippen molar-refractivity contribution in [1.82, 2.24) is 0 Å². The maximum absolute atomic E-state index is 12.6. The Kier molecular flexibility index (Phi) is 9.97. The first-order chi connectivity index (χ1) is 17.2. The molecule has 0 saturated carbocycles. The number of nitro groups is 2. The first kappa shape index (κ1) is 31.8. The molecule has 0 atom stereocenters. The minimum Gasteiger partial charge on any atom is -0.465 e. The van der Waals surface area contributed by atoms with Crippen LogP contribution in [0.4, 0.5) is 37.7 Å². The zero-order valence-corrected chi connectivity index (χ0v) is 19.7. The molecule has 0 aromatic heterocycles. The van der Waals surface area contributed by atoms with Crippen LogP contribution in [-0.2, 0) is 17.1 Å². The van der Waals surface area contributed by atoms with Crippen molar-refractivity contribution in [3.63, 3.8) is 0 Å². The number of carbonyl (C=O) groups excluding carboxylic acids is 2. The van der Waals surface area contributed by atoms with Gasteiger partial charge in [-0.1, -0.05) is 23.2 Å². The molecule has 0 saturated heterocycles. The lowest BCUT2D eigenvalue weighted by atomic mass is 10.1. The Morgan fingerprint density at radius 2 is 1.21 bits per heavy atom. The highest BCUT2D eigenvalue weighted by atomic mass is 35.5. The predicted molar refractivity (Wildman–Crippen MR) is 118 cm³/mol. The van der Waals surface area contributed by atoms with Gasteiger partial charge >= 0.3 is 18.3 Å². The summed E-state index contributed by atoms with van der Waals surface area (Å²) < 4.78 is 79.7. The Hall–Kier alpha value is -4.19. The number of carbonyl (C=O) groups is 2. The molecule has 0 spiro atoms. The van der Waals surface area contributed by atoms with Crippen LogP contribution in [0.15, 0.2) is 29.3 Å². The molecule has 2 aromatic carbocycles. The molecule has 0 aliphatic heterocycles. The van der Waals surface area contributed by atoms with Crippen LogP contribution in [0.3, 0.4) is 0 Å². The normalized spacial score (nSPS) is 11.1. The molecule has 0 fully saturated rings. The van der Waals surface area contributed by atoms with Crippen molar-refractivity contribution in [2.75, 3.05) is 7.11 Å². The number of nitrogens with zero attached hydrogens (tertiary/aromatic N) is 3. The molecule has 0 unspecified atom stereocenters. The summed E-state index contributed by atoms with van der Waals surface area (Å²) in [6, 6.07) is 1.41. The quantitative estimate of drug-likeness (QED) is 0.126. The van der Waals surface area contributed by atoms with Gasteiger partial charge < -0.3 is 16.2 Å². The van der Waals surface area contributed by atoms with E-state index in [1.54, 1.807) is 0 Å². The molecule has 4 N–H and O–H groups in total. The largest absolute Gasteiger partial charge is 0.465 e. The van der Waals surface area contributed by atoms with Crippen LogP contribution in [0.2, 0.25) is 10.0 Å². The molecular weight excluding hydrogens is 583 g/mol. The number of nitrogens with two attached hydrogens (primary N) is 2. The maximum atomic E-state index is 12.6. The molecule has 0 heterocycles. The lowest BCUT2D eigenvalue weighted by Gasteiger charge is -2.10. The smallest absolute Gasteiger partial charge is 0.417 e. The molecule has 38 heavy (non-hydrogen) atoms. The average Bonchev–Trinajstić information content (AvgIpc) is 2.76. The van der Waals surface area contributed by atoms with Crippen molar-refractivity contribution in [2.24, 2.45) is 16.5 Å². The molecule has 206 valence electrons. The van der Waals surface area contributed by atoms with Crippen molar-refractivity contribution < 1.29 is 50.5 Å². The van der Waals surface area contributed by atoms with E-state index in [-0.39, 0.29) is 6.07 Å². The third kappa shape index (κ3) is 7.90. The number of ether oxygens (including phenoxy) is 1. The maximum Gasteiger partial charge on any atom is 0.417 e. The molecule has 1 amide bonds. The first-order valence-electron chi connectivity index (χ1n) is 9.04. The van der Waals surface area contributed by atoms with Crippen LogP contribution in [-0.4, -0.2) is 34.8 Å². The molecule has 12 nitrogen and oxygen atoms in total. The highest BCUT2D eigenvalue weighted by Gasteiger charge is 2.38. The SMILES string of the molecule is COC(=O)c1cc(C(F)(F)F)c(Cl)cc1[N+](=O)[O-].NC(N)=NC(=O)c1cc(C(F)(F)F)c(Cl)cc1[N+](=O)[O-]. The van der Waals surface area contributed by atoms with E-state index in [2.05, 4.69) is 9.73 Å². The Bertz CT molecular complexity index is 1330. The average molecular weight is 594 g/mol. The molecular formula is C18H11Cl2F6N5O7. The van der Waals surface area contributed by atoms with E-state index in [4.69, 9.17) is 34.7 Å². The first-order valence-corrected chi connectivity index (χ1v) is 9.80. The summed E-state index contributed by atoms with van der Waals surface area (Å²) in [4.78, 5) is 44.9. The Morgan fingerprint density at radius 1 is 0.842 bits per heavy atom. The molecule has 0 aliphatic carbocycles. The van der Waals surface area contributed by atoms with Gasteiger partial charge in [-0.25, -0.2) is 4.79 Å². The van der Waals surface area contributed by atoms with Crippen molar-refractivity contribution >= 4 is 52.4 Å². The standard InChI is InChI=1S/C9H6ClF3N4O3.C9H5ClF3NO4/c10-5-2-6(17(19)20)3(7(18)16-8(14)15)1-4(5)9(11,12)13;1-18-8(15)4-2-5(9(11,12)13)6(10)3-7(4)14(16)17/h1-2H,(H4,14,15,16,18);2-3H,1H3. The van der Waals surface area contributed by atoms with Gasteiger partial charge in [0.15, 0.2) is 5.96 Å². The molecule has 2 aromatic rings.